The van der Waals surface area contributed by atoms with E-state index in [9.17, 15) is 9.59 Å². The molecular weight excluding hydrogens is 168 g/mol. The summed E-state index contributed by atoms with van der Waals surface area (Å²) in [7, 11) is 0. The lowest BCUT2D eigenvalue weighted by Gasteiger charge is -2.22. The molecule has 11 heavy (non-hydrogen) atoms. The highest BCUT2D eigenvalue weighted by atomic mass is 35.5. The summed E-state index contributed by atoms with van der Waals surface area (Å²) in [6.07, 6.45) is 0. The summed E-state index contributed by atoms with van der Waals surface area (Å²) in [6.45, 7) is 3.25. The minimum atomic E-state index is -0.960. The fraction of sp³-hybridized carbons (Fsp3) is 0.667. The quantitative estimate of drug-likeness (QED) is 0.443. The first-order valence-corrected chi connectivity index (χ1v) is 3.68. The summed E-state index contributed by atoms with van der Waals surface area (Å²) in [5.74, 6) is -0.370. The maximum Gasteiger partial charge on any atom is 0.322 e. The lowest BCUT2D eigenvalue weighted by Crippen LogP contribution is -2.50. The molecule has 0 aliphatic carbocycles. The monoisotopic (exact) mass is 176 g/mol. The van der Waals surface area contributed by atoms with Crippen LogP contribution in [0, 0.1) is 0 Å². The second-order valence-electron chi connectivity index (χ2n) is 2.73. The van der Waals surface area contributed by atoms with Crippen molar-refractivity contribution in [2.45, 2.75) is 24.8 Å². The molecule has 1 rings (SSSR count). The Kier molecular flexibility index (Phi) is 1.80. The summed E-state index contributed by atoms with van der Waals surface area (Å²) in [6, 6.07) is -0.481. The highest BCUT2D eigenvalue weighted by Crippen LogP contribution is 2.18. The maximum absolute atomic E-state index is 11.1. The Balaban J connectivity index is 2.87. The second-order valence-corrected chi connectivity index (χ2v) is 3.38. The first-order valence-electron chi connectivity index (χ1n) is 3.24. The zero-order chi connectivity index (χ0) is 8.65. The van der Waals surface area contributed by atoms with Crippen molar-refractivity contribution in [3.63, 3.8) is 0 Å². The number of rotatable bonds is 1. The van der Waals surface area contributed by atoms with Crippen LogP contribution in [0.2, 0.25) is 0 Å². The number of amides is 3. The number of hydrogen-bond acceptors (Lipinski definition) is 2. The molecule has 0 radical (unpaired) electrons. The van der Waals surface area contributed by atoms with Crippen LogP contribution in [0.4, 0.5) is 4.79 Å². The SMILES string of the molecule is CC(Cl)C1(C)NC(=O)NC1=O. The molecule has 1 aliphatic heterocycles. The van der Waals surface area contributed by atoms with Crippen molar-refractivity contribution in [2.24, 2.45) is 0 Å². The largest absolute Gasteiger partial charge is 0.322 e. The molecule has 2 unspecified atom stereocenters. The fourth-order valence-electron chi connectivity index (χ4n) is 0.837. The summed E-state index contributed by atoms with van der Waals surface area (Å²) in [5.41, 5.74) is -0.960. The topological polar surface area (TPSA) is 58.2 Å². The normalized spacial score (nSPS) is 33.0. The van der Waals surface area contributed by atoms with E-state index in [0.717, 1.165) is 0 Å². The third kappa shape index (κ3) is 1.18. The standard InChI is InChI=1S/C6H9ClN2O2/c1-3(7)6(2)4(10)8-5(11)9-6/h3H,1-2H3,(H2,8,9,10,11). The average molecular weight is 177 g/mol. The van der Waals surface area contributed by atoms with Gasteiger partial charge in [-0.1, -0.05) is 0 Å². The molecule has 1 saturated heterocycles. The molecule has 2 N–H and O–H groups in total. The molecule has 62 valence electrons. The Morgan fingerprint density at radius 3 is 2.27 bits per heavy atom. The van der Waals surface area contributed by atoms with Crippen molar-refractivity contribution in [3.8, 4) is 0 Å². The van der Waals surface area contributed by atoms with Gasteiger partial charge in [-0.05, 0) is 13.8 Å². The number of nitrogens with one attached hydrogen (secondary N) is 2. The molecule has 2 atom stereocenters. The molecule has 1 heterocycles. The van der Waals surface area contributed by atoms with E-state index < -0.39 is 16.9 Å². The first kappa shape index (κ1) is 8.33. The van der Waals surface area contributed by atoms with Crippen LogP contribution in [0.1, 0.15) is 13.8 Å². The number of alkyl halides is 1. The Bertz CT molecular complexity index is 217. The predicted molar refractivity (Wildman–Crippen MR) is 40.4 cm³/mol. The van der Waals surface area contributed by atoms with Gasteiger partial charge in [-0.3, -0.25) is 10.1 Å². The Morgan fingerprint density at radius 1 is 1.55 bits per heavy atom. The van der Waals surface area contributed by atoms with Crippen LogP contribution in [-0.4, -0.2) is 22.9 Å². The van der Waals surface area contributed by atoms with Crippen molar-refractivity contribution in [3.05, 3.63) is 0 Å². The van der Waals surface area contributed by atoms with E-state index in [4.69, 9.17) is 11.6 Å². The van der Waals surface area contributed by atoms with Crippen LogP contribution in [0.3, 0.4) is 0 Å². The molecule has 3 amide bonds. The van der Waals surface area contributed by atoms with E-state index in [0.29, 0.717) is 0 Å². The van der Waals surface area contributed by atoms with E-state index in [1.165, 1.54) is 0 Å². The number of urea groups is 1. The van der Waals surface area contributed by atoms with Crippen LogP contribution in [0.15, 0.2) is 0 Å². The highest BCUT2D eigenvalue weighted by Gasteiger charge is 2.45. The molecule has 0 spiro atoms. The van der Waals surface area contributed by atoms with Gasteiger partial charge in [0.05, 0.1) is 5.38 Å². The van der Waals surface area contributed by atoms with Gasteiger partial charge < -0.3 is 5.32 Å². The van der Waals surface area contributed by atoms with Crippen molar-refractivity contribution in [2.75, 3.05) is 0 Å². The van der Waals surface area contributed by atoms with Gasteiger partial charge in [-0.2, -0.15) is 0 Å². The lowest BCUT2D eigenvalue weighted by molar-refractivity contribution is -0.123. The Hall–Kier alpha value is -0.770. The van der Waals surface area contributed by atoms with Gasteiger partial charge in [0.1, 0.15) is 5.54 Å². The lowest BCUT2D eigenvalue weighted by atomic mass is 9.99. The summed E-state index contributed by atoms with van der Waals surface area (Å²) >= 11 is 5.71. The van der Waals surface area contributed by atoms with Crippen LogP contribution in [0.25, 0.3) is 0 Å². The number of carbonyl (C=O) groups is 2. The minimum Gasteiger partial charge on any atom is -0.322 e. The van der Waals surface area contributed by atoms with Crippen LogP contribution < -0.4 is 10.6 Å². The van der Waals surface area contributed by atoms with Crippen LogP contribution in [-0.2, 0) is 4.79 Å². The third-order valence-electron chi connectivity index (χ3n) is 1.87. The fourth-order valence-corrected chi connectivity index (χ4v) is 0.991. The minimum absolute atomic E-state index is 0.370. The average Bonchev–Trinajstić information content (AvgIpc) is 2.08. The molecule has 0 aromatic heterocycles. The van der Waals surface area contributed by atoms with Gasteiger partial charge in [-0.15, -0.1) is 11.6 Å². The van der Waals surface area contributed by atoms with Gasteiger partial charge in [0, 0.05) is 0 Å². The molecule has 0 saturated carbocycles. The molecule has 0 bridgehead atoms. The smallest absolute Gasteiger partial charge is 0.322 e. The van der Waals surface area contributed by atoms with E-state index in [1.807, 2.05) is 0 Å². The van der Waals surface area contributed by atoms with Gasteiger partial charge >= 0.3 is 6.03 Å². The number of hydrogen-bond donors (Lipinski definition) is 2. The van der Waals surface area contributed by atoms with Gasteiger partial charge in [0.25, 0.3) is 5.91 Å². The van der Waals surface area contributed by atoms with Crippen LogP contribution >= 0.6 is 11.6 Å². The van der Waals surface area contributed by atoms with Crippen LogP contribution in [0.5, 0.6) is 0 Å². The van der Waals surface area contributed by atoms with Gasteiger partial charge in [0.15, 0.2) is 0 Å². The third-order valence-corrected chi connectivity index (χ3v) is 2.30. The summed E-state index contributed by atoms with van der Waals surface area (Å²) < 4.78 is 0. The van der Waals surface area contributed by atoms with E-state index >= 15 is 0 Å². The van der Waals surface area contributed by atoms with Gasteiger partial charge in [-0.25, -0.2) is 4.79 Å². The molecule has 1 aliphatic rings. The van der Waals surface area contributed by atoms with Crippen molar-refractivity contribution >= 4 is 23.5 Å². The summed E-state index contributed by atoms with van der Waals surface area (Å²) in [4.78, 5) is 21.7. The molecule has 0 aromatic carbocycles. The van der Waals surface area contributed by atoms with E-state index in [2.05, 4.69) is 10.6 Å². The first-order chi connectivity index (χ1) is 4.97. The Labute approximate surface area is 69.3 Å². The van der Waals surface area contributed by atoms with Crippen molar-refractivity contribution < 1.29 is 9.59 Å². The number of imide groups is 1. The maximum atomic E-state index is 11.1. The number of halogens is 1. The predicted octanol–water partition coefficient (Wildman–Crippen LogP) is 0.212. The zero-order valence-electron chi connectivity index (χ0n) is 6.27. The molecule has 0 aromatic rings. The second kappa shape index (κ2) is 2.37. The molecular formula is C6H9ClN2O2. The Morgan fingerprint density at radius 2 is 2.09 bits per heavy atom. The summed E-state index contributed by atoms with van der Waals surface area (Å²) in [5, 5.41) is 4.14. The van der Waals surface area contributed by atoms with Gasteiger partial charge in [0.2, 0.25) is 0 Å². The molecule has 4 nitrogen and oxygen atoms in total. The zero-order valence-corrected chi connectivity index (χ0v) is 7.03. The molecule has 5 heteroatoms. The molecule has 1 fully saturated rings. The number of carbonyl (C=O) groups excluding carboxylic acids is 2. The van der Waals surface area contributed by atoms with Crippen molar-refractivity contribution in [1.82, 2.24) is 10.6 Å². The van der Waals surface area contributed by atoms with Crippen molar-refractivity contribution in [1.29, 1.82) is 0 Å². The van der Waals surface area contributed by atoms with E-state index in [1.54, 1.807) is 13.8 Å². The van der Waals surface area contributed by atoms with E-state index in [-0.39, 0.29) is 5.91 Å². The highest BCUT2D eigenvalue weighted by molar-refractivity contribution is 6.25.